The molecule has 0 radical (unpaired) electrons. The number of thiazole rings is 1. The number of nitrogens with zero attached hydrogens (tertiary/aromatic N) is 7. The number of hydrogen-bond acceptors (Lipinski definition) is 9. The zero-order valence-corrected chi connectivity index (χ0v) is 25.0. The highest BCUT2D eigenvalue weighted by Crippen LogP contribution is 2.38. The van der Waals surface area contributed by atoms with Crippen LogP contribution in [0, 0.1) is 6.92 Å². The van der Waals surface area contributed by atoms with Crippen LogP contribution in [0.2, 0.25) is 0 Å². The van der Waals surface area contributed by atoms with E-state index in [0.29, 0.717) is 11.2 Å². The number of rotatable bonds is 9. The smallest absolute Gasteiger partial charge is 0.229 e. The van der Waals surface area contributed by atoms with Crippen LogP contribution < -0.4 is 5.32 Å². The predicted octanol–water partition coefficient (Wildman–Crippen LogP) is 12.2. The molecule has 1 N–H and O–H groups in total. The summed E-state index contributed by atoms with van der Waals surface area (Å²) in [5, 5.41) is 37.2. The number of nitrogens with one attached hydrogen (secondary N) is 1. The number of anilines is 1. The van der Waals surface area contributed by atoms with Gasteiger partial charge in [-0.15, -0.1) is 36.9 Å². The van der Waals surface area contributed by atoms with Gasteiger partial charge in [0, 0.05) is 44.9 Å². The fraction of sp³-hybridized carbons (Fsp3) is 0.147. The Labute approximate surface area is 254 Å². The molecular weight excluding hydrogens is 552 g/mol. The summed E-state index contributed by atoms with van der Waals surface area (Å²) in [7, 11) is 0. The van der Waals surface area contributed by atoms with E-state index in [1.54, 1.807) is 6.20 Å². The molecule has 9 heteroatoms. The molecule has 0 aliphatic heterocycles. The van der Waals surface area contributed by atoms with E-state index in [4.69, 9.17) is 5.11 Å². The second kappa shape index (κ2) is 12.8. The minimum Gasteiger partial charge on any atom is -0.382 e. The number of aryl methyl sites for hydroxylation is 1. The van der Waals surface area contributed by atoms with E-state index in [-0.39, 0.29) is 0 Å². The molecule has 0 bridgehead atoms. The summed E-state index contributed by atoms with van der Waals surface area (Å²) in [6, 6.07) is 30.4. The molecule has 212 valence electrons. The number of benzene rings is 5. The summed E-state index contributed by atoms with van der Waals surface area (Å²) in [5.41, 5.74) is 5.91. The first kappa shape index (κ1) is 28.0. The van der Waals surface area contributed by atoms with Gasteiger partial charge in [-0.25, -0.2) is 4.98 Å². The molecule has 0 aliphatic carbocycles. The van der Waals surface area contributed by atoms with Crippen molar-refractivity contribution in [3.63, 3.8) is 0 Å². The highest BCUT2D eigenvalue weighted by Gasteiger charge is 2.09. The van der Waals surface area contributed by atoms with Crippen molar-refractivity contribution in [2.75, 3.05) is 5.32 Å². The summed E-state index contributed by atoms with van der Waals surface area (Å²) in [5.74, 6) is 0. The molecular formula is C34H30N8S. The first-order chi connectivity index (χ1) is 21.1. The molecule has 8 nitrogen and oxygen atoms in total. The fourth-order valence-electron chi connectivity index (χ4n) is 4.70. The SMILES string of the molecule is CCC(C)Nc1ccc(N=Nc2ccc(N=Nc3ccc(N=Nc4nccs4)cc3C)c3ccccc23)c2ccccc12. The molecule has 0 saturated heterocycles. The highest BCUT2D eigenvalue weighted by atomic mass is 32.1. The van der Waals surface area contributed by atoms with Gasteiger partial charge >= 0.3 is 0 Å². The Morgan fingerprint density at radius 3 is 1.81 bits per heavy atom. The Balaban J connectivity index is 1.27. The Morgan fingerprint density at radius 1 is 0.674 bits per heavy atom. The number of hydrogen-bond donors (Lipinski definition) is 1. The normalized spacial score (nSPS) is 12.7. The molecule has 43 heavy (non-hydrogen) atoms. The minimum atomic E-state index is 0.381. The van der Waals surface area contributed by atoms with Gasteiger partial charge in [-0.2, -0.15) is 5.11 Å². The molecule has 1 aromatic heterocycles. The van der Waals surface area contributed by atoms with E-state index in [9.17, 15) is 0 Å². The first-order valence-electron chi connectivity index (χ1n) is 14.1. The quantitative estimate of drug-likeness (QED) is 0.171. The Bertz CT molecular complexity index is 1980. The van der Waals surface area contributed by atoms with E-state index in [1.165, 1.54) is 11.3 Å². The van der Waals surface area contributed by atoms with Crippen LogP contribution in [-0.2, 0) is 0 Å². The van der Waals surface area contributed by atoms with E-state index in [0.717, 1.165) is 67.7 Å². The van der Waals surface area contributed by atoms with Crippen molar-refractivity contribution in [2.24, 2.45) is 30.7 Å². The van der Waals surface area contributed by atoms with Crippen LogP contribution in [0.3, 0.4) is 0 Å². The van der Waals surface area contributed by atoms with Gasteiger partial charge in [-0.3, -0.25) is 0 Å². The molecule has 0 fully saturated rings. The molecule has 6 rings (SSSR count). The largest absolute Gasteiger partial charge is 0.382 e. The summed E-state index contributed by atoms with van der Waals surface area (Å²) in [6.07, 6.45) is 2.76. The van der Waals surface area contributed by atoms with Crippen molar-refractivity contribution in [1.29, 1.82) is 0 Å². The molecule has 0 saturated carbocycles. The topological polar surface area (TPSA) is 99.1 Å². The van der Waals surface area contributed by atoms with Crippen LogP contribution in [0.5, 0.6) is 0 Å². The van der Waals surface area contributed by atoms with Crippen LogP contribution in [0.15, 0.2) is 133 Å². The zero-order valence-electron chi connectivity index (χ0n) is 24.1. The van der Waals surface area contributed by atoms with Gasteiger partial charge in [0.1, 0.15) is 0 Å². The van der Waals surface area contributed by atoms with Crippen molar-refractivity contribution < 1.29 is 0 Å². The third-order valence-corrected chi connectivity index (χ3v) is 7.83. The fourth-order valence-corrected chi connectivity index (χ4v) is 5.15. The van der Waals surface area contributed by atoms with Crippen molar-refractivity contribution in [3.05, 3.63) is 108 Å². The molecule has 5 aromatic carbocycles. The zero-order chi connectivity index (χ0) is 29.6. The highest BCUT2D eigenvalue weighted by molar-refractivity contribution is 7.13. The average Bonchev–Trinajstić information content (AvgIpc) is 3.57. The predicted molar refractivity (Wildman–Crippen MR) is 177 cm³/mol. The van der Waals surface area contributed by atoms with Gasteiger partial charge in [0.25, 0.3) is 0 Å². The van der Waals surface area contributed by atoms with Gasteiger partial charge in [-0.05, 0) is 68.3 Å². The molecule has 0 amide bonds. The van der Waals surface area contributed by atoms with Crippen LogP contribution in [0.1, 0.15) is 25.8 Å². The van der Waals surface area contributed by atoms with Crippen molar-refractivity contribution in [3.8, 4) is 0 Å². The maximum atomic E-state index is 4.69. The Morgan fingerprint density at radius 2 is 1.23 bits per heavy atom. The van der Waals surface area contributed by atoms with Crippen LogP contribution >= 0.6 is 11.3 Å². The van der Waals surface area contributed by atoms with Gasteiger partial charge in [-0.1, -0.05) is 55.5 Å². The maximum Gasteiger partial charge on any atom is 0.229 e. The molecule has 0 aliphatic rings. The number of fused-ring (bicyclic) bond motifs is 2. The summed E-state index contributed by atoms with van der Waals surface area (Å²) in [6.45, 7) is 6.35. The van der Waals surface area contributed by atoms with Gasteiger partial charge in [0.15, 0.2) is 0 Å². The Hall–Kier alpha value is -5.15. The molecule has 0 spiro atoms. The summed E-state index contributed by atoms with van der Waals surface area (Å²) in [4.78, 5) is 4.13. The average molecular weight is 583 g/mol. The molecule has 1 unspecified atom stereocenters. The Kier molecular flexibility index (Phi) is 8.33. The number of azo groups is 3. The molecule has 1 atom stereocenters. The van der Waals surface area contributed by atoms with Crippen LogP contribution in [-0.4, -0.2) is 11.0 Å². The maximum absolute atomic E-state index is 4.69. The van der Waals surface area contributed by atoms with E-state index in [2.05, 4.69) is 74.0 Å². The first-order valence-corrected chi connectivity index (χ1v) is 15.0. The third-order valence-electron chi connectivity index (χ3n) is 7.17. The lowest BCUT2D eigenvalue weighted by atomic mass is 10.1. The minimum absolute atomic E-state index is 0.381. The van der Waals surface area contributed by atoms with E-state index in [1.807, 2.05) is 79.0 Å². The van der Waals surface area contributed by atoms with Gasteiger partial charge < -0.3 is 5.32 Å². The second-order valence-electron chi connectivity index (χ2n) is 10.2. The van der Waals surface area contributed by atoms with Gasteiger partial charge in [0.05, 0.1) is 28.4 Å². The van der Waals surface area contributed by atoms with Crippen molar-refractivity contribution in [1.82, 2.24) is 4.98 Å². The van der Waals surface area contributed by atoms with Crippen molar-refractivity contribution in [2.45, 2.75) is 33.2 Å². The van der Waals surface area contributed by atoms with E-state index < -0.39 is 0 Å². The van der Waals surface area contributed by atoms with Crippen LogP contribution in [0.4, 0.5) is 39.3 Å². The second-order valence-corrected chi connectivity index (χ2v) is 11.0. The molecule has 1 heterocycles. The van der Waals surface area contributed by atoms with Gasteiger partial charge in [0.2, 0.25) is 5.13 Å². The van der Waals surface area contributed by atoms with E-state index >= 15 is 0 Å². The monoisotopic (exact) mass is 582 g/mol. The summed E-state index contributed by atoms with van der Waals surface area (Å²) >= 11 is 1.44. The third kappa shape index (κ3) is 6.37. The van der Waals surface area contributed by atoms with Crippen molar-refractivity contribution >= 4 is 72.1 Å². The lowest BCUT2D eigenvalue weighted by Crippen LogP contribution is -2.13. The lowest BCUT2D eigenvalue weighted by molar-refractivity contribution is 0.765. The standard InChI is InChI=1S/C34H30N8S/c1-4-23(3)36-30-15-16-31(26-10-6-5-9-25(26)30)40-41-33-18-17-32(27-11-7-8-12-28(27)33)39-38-29-14-13-24(21-22(29)2)37-42-34-35-19-20-43-34/h5-21,23,36H,4H2,1-3H3. The molecule has 6 aromatic rings. The lowest BCUT2D eigenvalue weighted by Gasteiger charge is -2.15. The van der Waals surface area contributed by atoms with Crippen LogP contribution in [0.25, 0.3) is 21.5 Å². The number of aromatic nitrogens is 1. The summed E-state index contributed by atoms with van der Waals surface area (Å²) < 4.78 is 0.